The predicted octanol–water partition coefficient (Wildman–Crippen LogP) is 4.97. The van der Waals surface area contributed by atoms with E-state index >= 15 is 0 Å². The summed E-state index contributed by atoms with van der Waals surface area (Å²) in [6.07, 6.45) is 7.10. The maximum absolute atomic E-state index is 13.2. The van der Waals surface area contributed by atoms with Gasteiger partial charge in [0.05, 0.1) is 17.1 Å². The van der Waals surface area contributed by atoms with Crippen molar-refractivity contribution in [3.8, 4) is 0 Å². The molecule has 29 heavy (non-hydrogen) atoms. The summed E-state index contributed by atoms with van der Waals surface area (Å²) in [6, 6.07) is 16.3. The molecule has 1 N–H and O–H groups in total. The van der Waals surface area contributed by atoms with Crippen LogP contribution in [0.1, 0.15) is 43.2 Å². The Labute approximate surface area is 176 Å². The van der Waals surface area contributed by atoms with E-state index in [9.17, 15) is 9.59 Å². The maximum Gasteiger partial charge on any atom is 0.265 e. The van der Waals surface area contributed by atoms with Crippen molar-refractivity contribution in [1.82, 2.24) is 5.32 Å². The van der Waals surface area contributed by atoms with Crippen LogP contribution >= 0.6 is 11.8 Å². The summed E-state index contributed by atoms with van der Waals surface area (Å²) in [6.45, 7) is 2.53. The summed E-state index contributed by atoms with van der Waals surface area (Å²) in [5, 5.41) is 3.08. The van der Waals surface area contributed by atoms with Crippen LogP contribution in [-0.2, 0) is 16.1 Å². The van der Waals surface area contributed by atoms with Crippen molar-refractivity contribution in [2.75, 3.05) is 4.90 Å². The summed E-state index contributed by atoms with van der Waals surface area (Å²) < 4.78 is 0. The minimum atomic E-state index is -0.164. The molecule has 0 radical (unpaired) electrons. The number of anilines is 1. The largest absolute Gasteiger partial charge is 0.350 e. The molecule has 1 aliphatic carbocycles. The Balaban J connectivity index is 1.57. The minimum Gasteiger partial charge on any atom is -0.350 e. The average molecular weight is 407 g/mol. The van der Waals surface area contributed by atoms with Crippen molar-refractivity contribution in [2.45, 2.75) is 56.5 Å². The quantitative estimate of drug-likeness (QED) is 0.730. The van der Waals surface area contributed by atoms with Crippen LogP contribution in [0.2, 0.25) is 0 Å². The number of para-hydroxylation sites is 1. The molecule has 2 aromatic rings. The Morgan fingerprint density at radius 3 is 2.59 bits per heavy atom. The van der Waals surface area contributed by atoms with Gasteiger partial charge in [0, 0.05) is 17.0 Å². The number of hydrogen-bond acceptors (Lipinski definition) is 3. The van der Waals surface area contributed by atoms with E-state index in [1.807, 2.05) is 43.3 Å². The summed E-state index contributed by atoms with van der Waals surface area (Å²) in [4.78, 5) is 29.1. The summed E-state index contributed by atoms with van der Waals surface area (Å²) in [5.41, 5.74) is 3.15. The number of hydrogen-bond donors (Lipinski definition) is 1. The highest BCUT2D eigenvalue weighted by molar-refractivity contribution is 8.04. The molecule has 2 aliphatic rings. The van der Waals surface area contributed by atoms with Gasteiger partial charge in [-0.15, -0.1) is 0 Å². The molecule has 1 aliphatic heterocycles. The second kappa shape index (κ2) is 8.87. The summed E-state index contributed by atoms with van der Waals surface area (Å²) in [5.74, 6) is -0.282. The van der Waals surface area contributed by atoms with E-state index in [1.165, 1.54) is 29.8 Å². The van der Waals surface area contributed by atoms with Gasteiger partial charge in [-0.1, -0.05) is 73.0 Å². The molecule has 1 heterocycles. The van der Waals surface area contributed by atoms with Crippen LogP contribution in [-0.4, -0.2) is 17.9 Å². The van der Waals surface area contributed by atoms with Gasteiger partial charge in [-0.05, 0) is 37.5 Å². The van der Waals surface area contributed by atoms with Crippen LogP contribution in [0.15, 0.2) is 64.4 Å². The monoisotopic (exact) mass is 406 g/mol. The van der Waals surface area contributed by atoms with Crippen molar-refractivity contribution in [3.63, 3.8) is 0 Å². The van der Waals surface area contributed by atoms with Gasteiger partial charge in [-0.2, -0.15) is 0 Å². The van der Waals surface area contributed by atoms with Gasteiger partial charge in [0.25, 0.3) is 5.91 Å². The molecular weight excluding hydrogens is 380 g/mol. The number of rotatable bonds is 4. The highest BCUT2D eigenvalue weighted by atomic mass is 32.2. The number of carbonyl (C=O) groups is 2. The van der Waals surface area contributed by atoms with E-state index in [2.05, 4.69) is 17.4 Å². The maximum atomic E-state index is 13.2. The number of benzene rings is 2. The Hall–Kier alpha value is -2.53. The third-order valence-corrected chi connectivity index (χ3v) is 6.58. The van der Waals surface area contributed by atoms with E-state index in [-0.39, 0.29) is 17.9 Å². The first-order valence-electron chi connectivity index (χ1n) is 10.3. The molecule has 0 bridgehead atoms. The van der Waals surface area contributed by atoms with Crippen LogP contribution in [0.4, 0.5) is 5.69 Å². The number of amides is 2. The van der Waals surface area contributed by atoms with Crippen molar-refractivity contribution in [3.05, 3.63) is 70.6 Å². The van der Waals surface area contributed by atoms with E-state index in [4.69, 9.17) is 0 Å². The van der Waals surface area contributed by atoms with Gasteiger partial charge < -0.3 is 10.2 Å². The van der Waals surface area contributed by atoms with Gasteiger partial charge >= 0.3 is 0 Å². The molecule has 1 saturated carbocycles. The van der Waals surface area contributed by atoms with Gasteiger partial charge in [0.1, 0.15) is 0 Å². The molecule has 150 valence electrons. The number of thioether (sulfide) groups is 1. The zero-order chi connectivity index (χ0) is 20.2. The molecule has 0 atom stereocenters. The summed E-state index contributed by atoms with van der Waals surface area (Å²) >= 11 is 1.38. The second-order valence-corrected chi connectivity index (χ2v) is 8.88. The lowest BCUT2D eigenvalue weighted by molar-refractivity contribution is -0.118. The molecule has 4 nitrogen and oxygen atoms in total. The SMILES string of the molecule is Cc1ccc(CN2C(=O)C(=CC(=O)NC3CCCCC3)Sc3ccccc32)cc1. The fraction of sp³-hybridized carbons (Fsp3) is 0.333. The molecule has 0 spiro atoms. The van der Waals surface area contributed by atoms with E-state index in [0.29, 0.717) is 11.4 Å². The molecule has 2 amide bonds. The summed E-state index contributed by atoms with van der Waals surface area (Å²) in [7, 11) is 0. The van der Waals surface area contributed by atoms with Gasteiger partial charge in [-0.25, -0.2) is 0 Å². The standard InChI is InChI=1S/C24H26N2O2S/c1-17-11-13-18(14-12-17)16-26-20-9-5-6-10-21(20)29-22(24(26)28)15-23(27)25-19-7-3-2-4-8-19/h5-6,9-15,19H,2-4,7-8,16H2,1H3,(H,25,27). The number of aryl methyl sites for hydroxylation is 1. The lowest BCUT2D eigenvalue weighted by Crippen LogP contribution is -2.37. The molecule has 5 heteroatoms. The molecule has 0 saturated heterocycles. The molecule has 4 rings (SSSR count). The van der Waals surface area contributed by atoms with E-state index < -0.39 is 0 Å². The van der Waals surface area contributed by atoms with Crippen LogP contribution < -0.4 is 10.2 Å². The molecule has 0 aromatic heterocycles. The lowest BCUT2D eigenvalue weighted by Gasteiger charge is -2.30. The Kier molecular flexibility index (Phi) is 6.05. The lowest BCUT2D eigenvalue weighted by atomic mass is 9.95. The number of fused-ring (bicyclic) bond motifs is 1. The first-order valence-corrected chi connectivity index (χ1v) is 11.1. The third kappa shape index (κ3) is 4.73. The van der Waals surface area contributed by atoms with Crippen molar-refractivity contribution in [1.29, 1.82) is 0 Å². The number of nitrogens with one attached hydrogen (secondary N) is 1. The first-order chi connectivity index (χ1) is 14.1. The third-order valence-electron chi connectivity index (χ3n) is 5.51. The fourth-order valence-electron chi connectivity index (χ4n) is 3.90. The molecule has 1 fully saturated rings. The van der Waals surface area contributed by atoms with Crippen LogP contribution in [0, 0.1) is 6.92 Å². The van der Waals surface area contributed by atoms with Crippen LogP contribution in [0.5, 0.6) is 0 Å². The smallest absolute Gasteiger partial charge is 0.265 e. The van der Waals surface area contributed by atoms with Crippen LogP contribution in [0.25, 0.3) is 0 Å². The normalized spacial score (nSPS) is 18.6. The highest BCUT2D eigenvalue weighted by Gasteiger charge is 2.30. The van der Waals surface area contributed by atoms with Crippen molar-refractivity contribution < 1.29 is 9.59 Å². The Morgan fingerprint density at radius 1 is 1.10 bits per heavy atom. The molecule has 2 aromatic carbocycles. The fourth-order valence-corrected chi connectivity index (χ4v) is 4.93. The Morgan fingerprint density at radius 2 is 1.83 bits per heavy atom. The zero-order valence-corrected chi connectivity index (χ0v) is 17.5. The van der Waals surface area contributed by atoms with Crippen LogP contribution in [0.3, 0.4) is 0 Å². The van der Waals surface area contributed by atoms with Gasteiger partial charge in [0.15, 0.2) is 0 Å². The molecule has 0 unspecified atom stereocenters. The first kappa shape index (κ1) is 19.8. The second-order valence-electron chi connectivity index (χ2n) is 7.80. The predicted molar refractivity (Wildman–Crippen MR) is 118 cm³/mol. The zero-order valence-electron chi connectivity index (χ0n) is 16.7. The van der Waals surface area contributed by atoms with Gasteiger partial charge in [0.2, 0.25) is 5.91 Å². The topological polar surface area (TPSA) is 49.4 Å². The van der Waals surface area contributed by atoms with E-state index in [0.717, 1.165) is 41.8 Å². The van der Waals surface area contributed by atoms with E-state index in [1.54, 1.807) is 4.90 Å². The molecular formula is C24H26N2O2S. The number of carbonyl (C=O) groups excluding carboxylic acids is 2. The van der Waals surface area contributed by atoms with Crippen molar-refractivity contribution in [2.24, 2.45) is 0 Å². The van der Waals surface area contributed by atoms with Gasteiger partial charge in [-0.3, -0.25) is 9.59 Å². The Bertz CT molecular complexity index is 930. The van der Waals surface area contributed by atoms with Crippen molar-refractivity contribution >= 4 is 29.3 Å². The minimum absolute atomic E-state index is 0.118. The highest BCUT2D eigenvalue weighted by Crippen LogP contribution is 2.41. The average Bonchev–Trinajstić information content (AvgIpc) is 2.73. The number of nitrogens with zero attached hydrogens (tertiary/aromatic N) is 1.